The summed E-state index contributed by atoms with van der Waals surface area (Å²) >= 11 is 1.69. The number of thioether (sulfide) groups is 1. The van der Waals surface area contributed by atoms with E-state index in [9.17, 15) is 5.21 Å². The Labute approximate surface area is 105 Å². The van der Waals surface area contributed by atoms with E-state index in [0.717, 1.165) is 10.3 Å². The molecule has 0 aliphatic carbocycles. The molecule has 2 nitrogen and oxygen atoms in total. The van der Waals surface area contributed by atoms with Crippen molar-refractivity contribution in [3.8, 4) is 0 Å². The fraction of sp³-hybridized carbons (Fsp3) is 0.0714. The minimum absolute atomic E-state index is 0.640. The molecule has 0 fully saturated rings. The Morgan fingerprint density at radius 2 is 1.65 bits per heavy atom. The van der Waals surface area contributed by atoms with Crippen LogP contribution in [0.4, 0.5) is 5.69 Å². The Balaban J connectivity index is 2.23. The van der Waals surface area contributed by atoms with Crippen molar-refractivity contribution in [1.29, 1.82) is 0 Å². The van der Waals surface area contributed by atoms with Crippen LogP contribution in [0.25, 0.3) is 0 Å². The van der Waals surface area contributed by atoms with Crippen LogP contribution in [0, 0.1) is 5.21 Å². The van der Waals surface area contributed by atoms with Crippen LogP contribution in [-0.2, 0) is 0 Å². The molecule has 0 bridgehead atoms. The molecule has 0 radical (unpaired) electrons. The van der Waals surface area contributed by atoms with E-state index in [2.05, 4.69) is 0 Å². The van der Waals surface area contributed by atoms with Crippen LogP contribution in [0.5, 0.6) is 0 Å². The van der Waals surface area contributed by atoms with Gasteiger partial charge >= 0.3 is 0 Å². The Bertz CT molecular complexity index is 506. The zero-order valence-corrected chi connectivity index (χ0v) is 10.4. The van der Waals surface area contributed by atoms with Gasteiger partial charge < -0.3 is 5.21 Å². The van der Waals surface area contributed by atoms with Crippen molar-refractivity contribution in [3.05, 3.63) is 65.4 Å². The molecule has 0 atom stereocenters. The second kappa shape index (κ2) is 5.55. The average Bonchev–Trinajstić information content (AvgIpc) is 2.40. The maximum Gasteiger partial charge on any atom is 0.216 e. The Morgan fingerprint density at radius 3 is 2.24 bits per heavy atom. The summed E-state index contributed by atoms with van der Waals surface area (Å²) in [6, 6.07) is 17.1. The number of rotatable bonds is 3. The van der Waals surface area contributed by atoms with Crippen LogP contribution in [0.3, 0.4) is 0 Å². The first kappa shape index (κ1) is 11.7. The van der Waals surface area contributed by atoms with Gasteiger partial charge in [0.15, 0.2) is 6.21 Å². The number of hydrogen-bond acceptors (Lipinski definition) is 2. The maximum atomic E-state index is 11.8. The number of benzene rings is 2. The molecule has 0 aliphatic rings. The summed E-state index contributed by atoms with van der Waals surface area (Å²) in [5, 5.41) is 11.8. The maximum absolute atomic E-state index is 11.8. The third-order valence-corrected chi connectivity index (χ3v) is 3.14. The van der Waals surface area contributed by atoms with E-state index in [1.54, 1.807) is 30.1 Å². The van der Waals surface area contributed by atoms with Crippen LogP contribution in [0.2, 0.25) is 0 Å². The van der Waals surface area contributed by atoms with Gasteiger partial charge in [0.05, 0.1) is 0 Å². The molecule has 3 heteroatoms. The molecule has 17 heavy (non-hydrogen) atoms. The lowest BCUT2D eigenvalue weighted by Gasteiger charge is -2.02. The summed E-state index contributed by atoms with van der Waals surface area (Å²) in [6.45, 7) is 0. The first-order chi connectivity index (χ1) is 8.29. The quantitative estimate of drug-likeness (QED) is 0.270. The summed E-state index contributed by atoms with van der Waals surface area (Å²) in [7, 11) is 0. The highest BCUT2D eigenvalue weighted by Crippen LogP contribution is 2.15. The first-order valence-electron chi connectivity index (χ1n) is 5.30. The monoisotopic (exact) mass is 243 g/mol. The van der Waals surface area contributed by atoms with Gasteiger partial charge in [-0.1, -0.05) is 18.2 Å². The fourth-order valence-corrected chi connectivity index (χ4v) is 1.88. The van der Waals surface area contributed by atoms with E-state index in [1.807, 2.05) is 48.7 Å². The zero-order chi connectivity index (χ0) is 12.1. The van der Waals surface area contributed by atoms with Crippen LogP contribution in [0.1, 0.15) is 5.56 Å². The summed E-state index contributed by atoms with van der Waals surface area (Å²) in [5.74, 6) is 0. The molecule has 2 aromatic carbocycles. The van der Waals surface area contributed by atoms with Gasteiger partial charge in [-0.05, 0) is 30.5 Å². The molecule has 0 spiro atoms. The molecule has 0 N–H and O–H groups in total. The lowest BCUT2D eigenvalue weighted by Crippen LogP contribution is -1.98. The normalized spacial score (nSPS) is 11.5. The summed E-state index contributed by atoms with van der Waals surface area (Å²) in [5.41, 5.74) is 1.54. The highest BCUT2D eigenvalue weighted by Gasteiger charge is 2.00. The molecule has 0 amide bonds. The second-order valence-corrected chi connectivity index (χ2v) is 4.44. The minimum Gasteiger partial charge on any atom is -0.618 e. The predicted octanol–water partition coefficient (Wildman–Crippen LogP) is 3.67. The first-order valence-corrected chi connectivity index (χ1v) is 6.52. The third-order valence-electron chi connectivity index (χ3n) is 2.39. The molecule has 86 valence electrons. The van der Waals surface area contributed by atoms with Gasteiger partial charge in [0.2, 0.25) is 5.69 Å². The Kier molecular flexibility index (Phi) is 3.83. The number of nitrogens with zero attached hydrogens (tertiary/aromatic N) is 1. The minimum atomic E-state index is 0.640. The van der Waals surface area contributed by atoms with Gasteiger partial charge in [0.25, 0.3) is 0 Å². The van der Waals surface area contributed by atoms with Crippen molar-refractivity contribution >= 4 is 23.7 Å². The van der Waals surface area contributed by atoms with Crippen molar-refractivity contribution in [2.24, 2.45) is 0 Å². The summed E-state index contributed by atoms with van der Waals surface area (Å²) in [4.78, 5) is 1.19. The van der Waals surface area contributed by atoms with E-state index in [1.165, 1.54) is 4.90 Å². The van der Waals surface area contributed by atoms with Gasteiger partial charge in [0.1, 0.15) is 0 Å². The van der Waals surface area contributed by atoms with Gasteiger partial charge in [-0.3, -0.25) is 0 Å². The van der Waals surface area contributed by atoms with Gasteiger partial charge in [-0.2, -0.15) is 4.74 Å². The van der Waals surface area contributed by atoms with Crippen LogP contribution >= 0.6 is 11.8 Å². The van der Waals surface area contributed by atoms with Gasteiger partial charge in [-0.15, -0.1) is 11.8 Å². The molecule has 0 saturated heterocycles. The smallest absolute Gasteiger partial charge is 0.216 e. The fourth-order valence-electron chi connectivity index (χ4n) is 1.47. The van der Waals surface area contributed by atoms with E-state index in [-0.39, 0.29) is 0 Å². The molecule has 0 saturated carbocycles. The molecule has 0 unspecified atom stereocenters. The summed E-state index contributed by atoms with van der Waals surface area (Å²) in [6.07, 6.45) is 3.61. The molecular formula is C14H13NOS. The van der Waals surface area contributed by atoms with E-state index in [4.69, 9.17) is 0 Å². The van der Waals surface area contributed by atoms with E-state index in [0.29, 0.717) is 5.69 Å². The van der Waals surface area contributed by atoms with Crippen molar-refractivity contribution in [3.63, 3.8) is 0 Å². The van der Waals surface area contributed by atoms with Crippen molar-refractivity contribution in [2.45, 2.75) is 4.90 Å². The Hall–Kier alpha value is -1.74. The van der Waals surface area contributed by atoms with Gasteiger partial charge in [0, 0.05) is 22.6 Å². The van der Waals surface area contributed by atoms with Crippen molar-refractivity contribution in [1.82, 2.24) is 0 Å². The van der Waals surface area contributed by atoms with Crippen molar-refractivity contribution < 1.29 is 4.74 Å². The predicted molar refractivity (Wildman–Crippen MR) is 73.1 cm³/mol. The third kappa shape index (κ3) is 3.11. The van der Waals surface area contributed by atoms with Crippen LogP contribution in [-0.4, -0.2) is 17.2 Å². The highest BCUT2D eigenvalue weighted by atomic mass is 32.2. The number of para-hydroxylation sites is 1. The molecule has 0 heterocycles. The second-order valence-electron chi connectivity index (χ2n) is 3.56. The Morgan fingerprint density at radius 1 is 1.00 bits per heavy atom. The molecular weight excluding hydrogens is 230 g/mol. The summed E-state index contributed by atoms with van der Waals surface area (Å²) < 4.78 is 0.883. The topological polar surface area (TPSA) is 26.1 Å². The zero-order valence-electron chi connectivity index (χ0n) is 9.54. The van der Waals surface area contributed by atoms with E-state index >= 15 is 0 Å². The largest absolute Gasteiger partial charge is 0.618 e. The lowest BCUT2D eigenvalue weighted by atomic mass is 10.2. The SMILES string of the molecule is CSc1ccc(C=[N+]([O-])c2ccccc2)cc1. The molecule has 0 aromatic heterocycles. The average molecular weight is 243 g/mol. The van der Waals surface area contributed by atoms with Crippen LogP contribution in [0.15, 0.2) is 59.5 Å². The lowest BCUT2D eigenvalue weighted by molar-refractivity contribution is -0.354. The number of hydrogen-bond donors (Lipinski definition) is 0. The van der Waals surface area contributed by atoms with Crippen molar-refractivity contribution in [2.75, 3.05) is 6.26 Å². The molecule has 2 aromatic rings. The standard InChI is InChI=1S/C14H13NOS/c1-17-14-9-7-12(8-10-14)11-15(16)13-5-3-2-4-6-13/h2-11H,1H3. The van der Waals surface area contributed by atoms with Gasteiger partial charge in [-0.25, -0.2) is 0 Å². The molecule has 2 rings (SSSR count). The van der Waals surface area contributed by atoms with E-state index < -0.39 is 0 Å². The van der Waals surface area contributed by atoms with Crippen LogP contribution < -0.4 is 0 Å². The highest BCUT2D eigenvalue weighted by molar-refractivity contribution is 7.98. The molecule has 0 aliphatic heterocycles.